The van der Waals surface area contributed by atoms with E-state index in [1.807, 2.05) is 0 Å². The molecule has 4 heteroatoms. The van der Waals surface area contributed by atoms with Gasteiger partial charge in [-0.05, 0) is 0 Å². The third-order valence-corrected chi connectivity index (χ3v) is 0.471. The second-order valence-electron chi connectivity index (χ2n) is 1.05. The molecule has 0 bridgehead atoms. The Balaban J connectivity index is 2.91. The largest absolute Gasteiger partial charge is 0.302 e. The predicted octanol–water partition coefficient (Wildman–Crippen LogP) is -1.52. The second-order valence-corrected chi connectivity index (χ2v) is 1.05. The number of nitrogens with one attached hydrogen (secondary N) is 2. The van der Waals surface area contributed by atoms with E-state index < -0.39 is 6.26 Å². The van der Waals surface area contributed by atoms with Crippen molar-refractivity contribution in [3.8, 4) is 0 Å². The number of carbonyl (C=O) groups is 2. The first kappa shape index (κ1) is 5.40. The lowest BCUT2D eigenvalue weighted by molar-refractivity contribution is -0.109. The van der Waals surface area contributed by atoms with Gasteiger partial charge >= 0.3 is 0 Å². The summed E-state index contributed by atoms with van der Waals surface area (Å²) in [5, 5.41) is 0. The Hall–Kier alpha value is -0.740. The van der Waals surface area contributed by atoms with Gasteiger partial charge in [-0.3, -0.25) is 10.9 Å². The number of rotatable bonds is 5. The highest BCUT2D eigenvalue weighted by Gasteiger charge is 1.77. The molecule has 4 nitrogen and oxygen atoms in total. The van der Waals surface area contributed by atoms with Crippen molar-refractivity contribution >= 4 is 12.5 Å². The molecule has 0 spiro atoms. The maximum atomic E-state index is 9.88. The molecule has 0 aromatic carbocycles. The number of hydrogen-bond donors (Lipinski definition) is 2. The first-order valence-electron chi connectivity index (χ1n) is 2.66. The molecular weight excluding hydrogens is 108 g/mol. The van der Waals surface area contributed by atoms with Gasteiger partial charge in [0.1, 0.15) is 13.9 Å². The molecular formula is C4H8N2O2. The molecule has 0 radical (unpaired) electrons. The van der Waals surface area contributed by atoms with Crippen molar-refractivity contribution in [3.05, 3.63) is 0 Å². The van der Waals surface area contributed by atoms with Crippen molar-refractivity contribution in [3.63, 3.8) is 0 Å². The van der Waals surface area contributed by atoms with Gasteiger partial charge in [-0.15, -0.1) is 0 Å². The fourth-order valence-corrected chi connectivity index (χ4v) is 0.212. The van der Waals surface area contributed by atoms with E-state index in [4.69, 9.17) is 1.37 Å². The highest BCUT2D eigenvalue weighted by molar-refractivity contribution is 5.53. The van der Waals surface area contributed by atoms with Crippen molar-refractivity contribution < 1.29 is 11.0 Å². The van der Waals surface area contributed by atoms with Crippen LogP contribution in [0.3, 0.4) is 0 Å². The standard InChI is InChI=1S/C4H8N2O2/c7-3-1-5-6-2-4-8/h3-6H,1-2H2/i3D. The molecule has 0 rings (SSSR count). The average Bonchev–Trinajstić information content (AvgIpc) is 1.80. The summed E-state index contributed by atoms with van der Waals surface area (Å²) in [4.78, 5) is 19.5. The molecule has 0 saturated carbocycles. The van der Waals surface area contributed by atoms with Crippen LogP contribution >= 0.6 is 0 Å². The lowest BCUT2D eigenvalue weighted by atomic mass is 10.7. The molecule has 2 N–H and O–H groups in total. The van der Waals surface area contributed by atoms with E-state index in [1.54, 1.807) is 0 Å². The van der Waals surface area contributed by atoms with E-state index in [0.717, 1.165) is 0 Å². The third-order valence-electron chi connectivity index (χ3n) is 0.471. The molecule has 0 aromatic heterocycles. The van der Waals surface area contributed by atoms with Crippen molar-refractivity contribution in [2.45, 2.75) is 0 Å². The molecule has 0 heterocycles. The summed E-state index contributed by atoms with van der Waals surface area (Å²) < 4.78 is 6.38. The van der Waals surface area contributed by atoms with Crippen LogP contribution in [0.5, 0.6) is 0 Å². The number of hydrazine groups is 1. The summed E-state index contributed by atoms with van der Waals surface area (Å²) >= 11 is 0. The molecule has 0 saturated heterocycles. The van der Waals surface area contributed by atoms with Gasteiger partial charge in [-0.2, -0.15) is 0 Å². The van der Waals surface area contributed by atoms with Gasteiger partial charge in [0.25, 0.3) is 0 Å². The Kier molecular flexibility index (Phi) is 4.22. The maximum absolute atomic E-state index is 9.88. The van der Waals surface area contributed by atoms with Gasteiger partial charge in [0, 0.05) is 0 Å². The van der Waals surface area contributed by atoms with Crippen LogP contribution in [0.25, 0.3) is 0 Å². The van der Waals surface area contributed by atoms with Crippen molar-refractivity contribution in [1.29, 1.82) is 0 Å². The van der Waals surface area contributed by atoms with Gasteiger partial charge in [0.05, 0.1) is 13.1 Å². The number of aldehydes is 2. The minimum atomic E-state index is -0.714. The summed E-state index contributed by atoms with van der Waals surface area (Å²) in [7, 11) is 0. The monoisotopic (exact) mass is 117 g/mol. The SMILES string of the molecule is [2H]C(=O)CNNCC=O. The van der Waals surface area contributed by atoms with E-state index in [-0.39, 0.29) is 13.1 Å². The zero-order valence-electron chi connectivity index (χ0n) is 5.31. The van der Waals surface area contributed by atoms with Crippen LogP contribution in [0.15, 0.2) is 0 Å². The van der Waals surface area contributed by atoms with Crippen LogP contribution in [0.1, 0.15) is 1.37 Å². The zero-order valence-corrected chi connectivity index (χ0v) is 4.31. The fraction of sp³-hybridized carbons (Fsp3) is 0.500. The van der Waals surface area contributed by atoms with Crippen molar-refractivity contribution in [2.75, 3.05) is 13.1 Å². The van der Waals surface area contributed by atoms with Gasteiger partial charge in [-0.1, -0.05) is 0 Å². The average molecular weight is 117 g/mol. The van der Waals surface area contributed by atoms with Crippen molar-refractivity contribution in [1.82, 2.24) is 10.9 Å². The quantitative estimate of drug-likeness (QED) is 0.261. The van der Waals surface area contributed by atoms with Crippen LogP contribution in [-0.2, 0) is 9.59 Å². The lowest BCUT2D eigenvalue weighted by Crippen LogP contribution is -2.34. The third kappa shape index (κ3) is 5.26. The topological polar surface area (TPSA) is 58.2 Å². The molecule has 0 unspecified atom stereocenters. The fourth-order valence-electron chi connectivity index (χ4n) is 0.212. The first-order valence-corrected chi connectivity index (χ1v) is 2.16. The Bertz CT molecular complexity index is 107. The molecule has 8 heavy (non-hydrogen) atoms. The van der Waals surface area contributed by atoms with Gasteiger partial charge in [0.15, 0.2) is 0 Å². The van der Waals surface area contributed by atoms with Crippen LogP contribution in [0, 0.1) is 0 Å². The van der Waals surface area contributed by atoms with Crippen molar-refractivity contribution in [2.24, 2.45) is 0 Å². The molecule has 0 aliphatic rings. The van der Waals surface area contributed by atoms with E-state index >= 15 is 0 Å². The molecule has 46 valence electrons. The van der Waals surface area contributed by atoms with E-state index in [2.05, 4.69) is 10.9 Å². The smallest absolute Gasteiger partial charge is 0.135 e. The van der Waals surface area contributed by atoms with E-state index in [9.17, 15) is 9.59 Å². The Labute approximate surface area is 48.6 Å². The van der Waals surface area contributed by atoms with Gasteiger partial charge < -0.3 is 9.59 Å². The molecule has 0 aromatic rings. The van der Waals surface area contributed by atoms with Gasteiger partial charge in [-0.25, -0.2) is 0 Å². The molecule has 0 fully saturated rings. The highest BCUT2D eigenvalue weighted by Crippen LogP contribution is 1.42. The minimum absolute atomic E-state index is 0.0756. The Morgan fingerprint density at radius 2 is 2.00 bits per heavy atom. The summed E-state index contributed by atoms with van der Waals surface area (Å²) in [6.07, 6.45) is -0.0603. The van der Waals surface area contributed by atoms with Crippen LogP contribution < -0.4 is 10.9 Å². The predicted molar refractivity (Wildman–Crippen MR) is 28.1 cm³/mol. The summed E-state index contributed by atoms with van der Waals surface area (Å²) in [5.74, 6) is 0. The minimum Gasteiger partial charge on any atom is -0.302 e. The number of hydrogen-bond acceptors (Lipinski definition) is 4. The molecule has 0 atom stereocenters. The maximum Gasteiger partial charge on any atom is 0.135 e. The summed E-state index contributed by atoms with van der Waals surface area (Å²) in [5.41, 5.74) is 4.77. The molecule has 0 aliphatic heterocycles. The Morgan fingerprint density at radius 3 is 2.50 bits per heavy atom. The second kappa shape index (κ2) is 6.26. The summed E-state index contributed by atoms with van der Waals surface area (Å²) in [6, 6.07) is 0. The van der Waals surface area contributed by atoms with Gasteiger partial charge in [0.2, 0.25) is 0 Å². The summed E-state index contributed by atoms with van der Waals surface area (Å²) in [6.45, 7) is 0.0706. The number of carbonyl (C=O) groups excluding carboxylic acids is 2. The molecule has 0 amide bonds. The first-order chi connectivity index (χ1) is 4.27. The molecule has 0 aliphatic carbocycles. The highest BCUT2D eigenvalue weighted by atomic mass is 16.1. The van der Waals surface area contributed by atoms with E-state index in [1.165, 1.54) is 0 Å². The zero-order chi connectivity index (χ0) is 7.11. The lowest BCUT2D eigenvalue weighted by Gasteiger charge is -1.94. The van der Waals surface area contributed by atoms with Crippen LogP contribution in [-0.4, -0.2) is 25.6 Å². The normalized spacial score (nSPS) is 10.2. The van der Waals surface area contributed by atoms with Crippen LogP contribution in [0.2, 0.25) is 0 Å². The Morgan fingerprint density at radius 1 is 1.38 bits per heavy atom. The van der Waals surface area contributed by atoms with Crippen LogP contribution in [0.4, 0.5) is 0 Å². The van der Waals surface area contributed by atoms with E-state index in [0.29, 0.717) is 6.29 Å².